The lowest BCUT2D eigenvalue weighted by Gasteiger charge is -2.33. The summed E-state index contributed by atoms with van der Waals surface area (Å²) in [7, 11) is 0. The summed E-state index contributed by atoms with van der Waals surface area (Å²) in [5, 5.41) is 20.4. The molecule has 0 saturated carbocycles. The zero-order chi connectivity index (χ0) is 22.6. The fourth-order valence-electron chi connectivity index (χ4n) is 3.80. The number of carboxylic acids is 1. The lowest BCUT2D eigenvalue weighted by molar-refractivity contribution is -0.141. The number of rotatable bonds is 7. The van der Waals surface area contributed by atoms with E-state index < -0.39 is 17.4 Å². The zero-order valence-electron chi connectivity index (χ0n) is 17.8. The minimum atomic E-state index is -0.834. The van der Waals surface area contributed by atoms with Crippen LogP contribution in [0.3, 0.4) is 0 Å². The topological polar surface area (TPSA) is 107 Å². The third kappa shape index (κ3) is 5.19. The number of aliphatic hydroxyl groups is 1. The van der Waals surface area contributed by atoms with Crippen molar-refractivity contribution in [1.29, 1.82) is 0 Å². The van der Waals surface area contributed by atoms with Crippen molar-refractivity contribution in [3.8, 4) is 0 Å². The standard InChI is InChI=1S/C24H29N3O4/c1-24(2,16-28)26-14-20(21(15-26)23(30)31)18-11-8-17(9-12-18)10-13-22(29)27(25)19-6-4-3-5-7-19/h3-13,20-21,28H,14-16,25H2,1-2H3,(H,30,31)/t20-,21+/m1/s1. The van der Waals surface area contributed by atoms with Crippen molar-refractivity contribution in [2.45, 2.75) is 25.3 Å². The lowest BCUT2D eigenvalue weighted by atomic mass is 9.88. The van der Waals surface area contributed by atoms with Crippen LogP contribution >= 0.6 is 0 Å². The number of benzene rings is 2. The molecule has 1 amide bonds. The monoisotopic (exact) mass is 423 g/mol. The highest BCUT2D eigenvalue weighted by molar-refractivity contribution is 6.02. The van der Waals surface area contributed by atoms with Crippen molar-refractivity contribution in [3.63, 3.8) is 0 Å². The molecule has 2 aromatic rings. The van der Waals surface area contributed by atoms with Crippen LogP contribution in [-0.4, -0.2) is 52.2 Å². The molecule has 4 N–H and O–H groups in total. The maximum Gasteiger partial charge on any atom is 0.308 e. The number of anilines is 1. The first-order chi connectivity index (χ1) is 14.7. The van der Waals surface area contributed by atoms with Gasteiger partial charge in [-0.15, -0.1) is 0 Å². The number of carboxylic acid groups (broad SMARTS) is 1. The van der Waals surface area contributed by atoms with Crippen LogP contribution in [0.4, 0.5) is 5.69 Å². The Morgan fingerprint density at radius 3 is 2.35 bits per heavy atom. The molecular weight excluding hydrogens is 394 g/mol. The molecule has 0 aromatic heterocycles. The third-order valence-corrected chi connectivity index (χ3v) is 5.93. The lowest BCUT2D eigenvalue weighted by Crippen LogP contribution is -2.45. The molecule has 1 aliphatic heterocycles. The van der Waals surface area contributed by atoms with E-state index in [0.717, 1.165) is 16.1 Å². The first-order valence-electron chi connectivity index (χ1n) is 10.2. The molecule has 1 aliphatic rings. The van der Waals surface area contributed by atoms with Gasteiger partial charge >= 0.3 is 5.97 Å². The predicted molar refractivity (Wildman–Crippen MR) is 120 cm³/mol. The largest absolute Gasteiger partial charge is 0.481 e. The predicted octanol–water partition coefficient (Wildman–Crippen LogP) is 2.48. The Bertz CT molecular complexity index is 941. The van der Waals surface area contributed by atoms with Gasteiger partial charge in [0.05, 0.1) is 18.2 Å². The average molecular weight is 424 g/mol. The molecule has 0 unspecified atom stereocenters. The Hall–Kier alpha value is -3.00. The van der Waals surface area contributed by atoms with Gasteiger partial charge in [0.1, 0.15) is 0 Å². The van der Waals surface area contributed by atoms with E-state index in [1.807, 2.05) is 49.1 Å². The van der Waals surface area contributed by atoms with Crippen LogP contribution < -0.4 is 10.9 Å². The molecule has 1 fully saturated rings. The Balaban J connectivity index is 1.71. The number of aliphatic hydroxyl groups excluding tert-OH is 1. The van der Waals surface area contributed by atoms with E-state index in [4.69, 9.17) is 5.84 Å². The van der Waals surface area contributed by atoms with E-state index in [-0.39, 0.29) is 18.4 Å². The molecule has 0 aliphatic carbocycles. The zero-order valence-corrected chi connectivity index (χ0v) is 17.8. The van der Waals surface area contributed by atoms with Crippen molar-refractivity contribution in [1.82, 2.24) is 4.90 Å². The second-order valence-corrected chi connectivity index (χ2v) is 8.47. The molecular formula is C24H29N3O4. The van der Waals surface area contributed by atoms with Gasteiger partial charge in [-0.1, -0.05) is 42.5 Å². The molecule has 2 atom stereocenters. The number of carbonyl (C=O) groups is 2. The van der Waals surface area contributed by atoms with E-state index in [2.05, 4.69) is 0 Å². The van der Waals surface area contributed by atoms with Crippen LogP contribution in [0.5, 0.6) is 0 Å². The summed E-state index contributed by atoms with van der Waals surface area (Å²) < 4.78 is 0. The highest BCUT2D eigenvalue weighted by Gasteiger charge is 2.43. The maximum atomic E-state index is 12.3. The summed E-state index contributed by atoms with van der Waals surface area (Å²) in [5.74, 6) is 3.98. The van der Waals surface area contributed by atoms with Gasteiger partial charge in [-0.2, -0.15) is 0 Å². The van der Waals surface area contributed by atoms with E-state index in [1.165, 1.54) is 6.08 Å². The van der Waals surface area contributed by atoms with E-state index in [0.29, 0.717) is 18.8 Å². The van der Waals surface area contributed by atoms with Crippen LogP contribution in [0.15, 0.2) is 60.7 Å². The number of aliphatic carboxylic acids is 1. The van der Waals surface area contributed by atoms with Crippen LogP contribution in [-0.2, 0) is 9.59 Å². The smallest absolute Gasteiger partial charge is 0.308 e. The van der Waals surface area contributed by atoms with Gasteiger partial charge in [0, 0.05) is 30.6 Å². The fraction of sp³-hybridized carbons (Fsp3) is 0.333. The molecule has 1 saturated heterocycles. The minimum absolute atomic E-state index is 0.0367. The van der Waals surface area contributed by atoms with Gasteiger partial charge in [-0.3, -0.25) is 14.5 Å². The van der Waals surface area contributed by atoms with Crippen molar-refractivity contribution >= 4 is 23.6 Å². The van der Waals surface area contributed by atoms with Crippen molar-refractivity contribution in [3.05, 3.63) is 71.8 Å². The fourth-order valence-corrected chi connectivity index (χ4v) is 3.80. The highest BCUT2D eigenvalue weighted by atomic mass is 16.4. The molecule has 7 heteroatoms. The van der Waals surface area contributed by atoms with Crippen LogP contribution in [0.2, 0.25) is 0 Å². The average Bonchev–Trinajstić information content (AvgIpc) is 3.25. The van der Waals surface area contributed by atoms with E-state index in [1.54, 1.807) is 30.3 Å². The Kier molecular flexibility index (Phi) is 6.90. The summed E-state index contributed by atoms with van der Waals surface area (Å²) >= 11 is 0. The molecule has 3 rings (SSSR count). The molecule has 0 spiro atoms. The SMILES string of the molecule is CC(C)(CO)N1C[C@H](C(=O)O)[C@@H](c2ccc(C=CC(=O)N(N)c3ccccc3)cc2)C1. The van der Waals surface area contributed by atoms with Crippen LogP contribution in [0.1, 0.15) is 30.9 Å². The second kappa shape index (κ2) is 9.43. The van der Waals surface area contributed by atoms with Gasteiger partial charge in [0.25, 0.3) is 5.91 Å². The number of para-hydroxylation sites is 1. The third-order valence-electron chi connectivity index (χ3n) is 5.93. The van der Waals surface area contributed by atoms with Gasteiger partial charge in [0.2, 0.25) is 0 Å². The molecule has 0 radical (unpaired) electrons. The molecule has 1 heterocycles. The Labute approximate surface area is 182 Å². The first kappa shape index (κ1) is 22.7. The van der Waals surface area contributed by atoms with Gasteiger partial charge in [-0.25, -0.2) is 10.9 Å². The van der Waals surface area contributed by atoms with Gasteiger partial charge < -0.3 is 10.2 Å². The summed E-state index contributed by atoms with van der Waals surface area (Å²) in [6.45, 7) is 4.75. The number of hydrazine groups is 1. The normalized spacial score (nSPS) is 19.6. The highest BCUT2D eigenvalue weighted by Crippen LogP contribution is 2.36. The van der Waals surface area contributed by atoms with Gasteiger partial charge in [-0.05, 0) is 43.2 Å². The number of carbonyl (C=O) groups excluding carboxylic acids is 1. The number of likely N-dealkylation sites (tertiary alicyclic amines) is 1. The van der Waals surface area contributed by atoms with E-state index >= 15 is 0 Å². The maximum absolute atomic E-state index is 12.3. The minimum Gasteiger partial charge on any atom is -0.481 e. The molecule has 2 aromatic carbocycles. The number of hydrogen-bond acceptors (Lipinski definition) is 5. The number of amides is 1. The molecule has 164 valence electrons. The van der Waals surface area contributed by atoms with Crippen molar-refractivity contribution < 1.29 is 19.8 Å². The van der Waals surface area contributed by atoms with E-state index in [9.17, 15) is 19.8 Å². The first-order valence-corrected chi connectivity index (χ1v) is 10.2. The van der Waals surface area contributed by atoms with Gasteiger partial charge in [0.15, 0.2) is 0 Å². The van der Waals surface area contributed by atoms with Crippen molar-refractivity contribution in [2.24, 2.45) is 11.8 Å². The Morgan fingerprint density at radius 2 is 1.77 bits per heavy atom. The molecule has 0 bridgehead atoms. The number of nitrogens with two attached hydrogens (primary N) is 1. The summed E-state index contributed by atoms with van der Waals surface area (Å²) in [4.78, 5) is 26.1. The molecule has 7 nitrogen and oxygen atoms in total. The number of hydrogen-bond donors (Lipinski definition) is 3. The van der Waals surface area contributed by atoms with Crippen LogP contribution in [0, 0.1) is 5.92 Å². The number of nitrogens with zero attached hydrogens (tertiary/aromatic N) is 2. The quantitative estimate of drug-likeness (QED) is 0.273. The van der Waals surface area contributed by atoms with Crippen LogP contribution in [0.25, 0.3) is 6.08 Å². The summed E-state index contributed by atoms with van der Waals surface area (Å²) in [6, 6.07) is 16.5. The summed E-state index contributed by atoms with van der Waals surface area (Å²) in [5.41, 5.74) is 1.87. The molecule has 31 heavy (non-hydrogen) atoms. The Morgan fingerprint density at radius 1 is 1.13 bits per heavy atom. The summed E-state index contributed by atoms with van der Waals surface area (Å²) in [6.07, 6.45) is 3.09. The second-order valence-electron chi connectivity index (χ2n) is 8.47. The van der Waals surface area contributed by atoms with Crippen molar-refractivity contribution in [2.75, 3.05) is 24.7 Å².